The maximum atomic E-state index is 12.7. The first kappa shape index (κ1) is 26.5. The van der Waals surface area contributed by atoms with Crippen LogP contribution in [0.15, 0.2) is 61.1 Å². The Morgan fingerprint density at radius 3 is 2.53 bits per heavy atom. The number of halogens is 1. The first-order chi connectivity index (χ1) is 18.4. The topological polar surface area (TPSA) is 136 Å². The number of amides is 1. The summed E-state index contributed by atoms with van der Waals surface area (Å²) in [6.07, 6.45) is 4.83. The highest BCUT2D eigenvalue weighted by Gasteiger charge is 2.14. The smallest absolute Gasteiger partial charge is 0.276 e. The van der Waals surface area contributed by atoms with E-state index in [9.17, 15) is 14.9 Å². The summed E-state index contributed by atoms with van der Waals surface area (Å²) < 4.78 is 19.9. The summed E-state index contributed by atoms with van der Waals surface area (Å²) >= 11 is 6.04. The molecule has 1 amide bonds. The van der Waals surface area contributed by atoms with Gasteiger partial charge in [0.05, 0.1) is 41.6 Å². The van der Waals surface area contributed by atoms with E-state index in [1.54, 1.807) is 23.3 Å². The summed E-state index contributed by atoms with van der Waals surface area (Å²) in [5.74, 6) is 1.19. The van der Waals surface area contributed by atoms with E-state index in [0.29, 0.717) is 36.9 Å². The fraction of sp³-hybridized carbons (Fsp3) is 0.240. The van der Waals surface area contributed by atoms with E-state index in [4.69, 9.17) is 25.8 Å². The monoisotopic (exact) mass is 540 g/mol. The van der Waals surface area contributed by atoms with Gasteiger partial charge in [-0.2, -0.15) is 10.2 Å². The SMILES string of the molecule is CCOc1ccc(Cn2cc(NC(=O)c3ccn(COc4ccc([N+](=O)[O-])cc4Cl)n3)cn2)cc1OCC. The number of hydrogen-bond acceptors (Lipinski definition) is 8. The standard InChI is InChI=1S/C25H25ClN6O6/c1-3-36-23-7-5-17(11-24(23)37-4-2)14-31-15-18(13-27-31)28-25(33)21-9-10-30(29-21)16-38-22-8-6-19(32(34)35)12-20(22)26/h5-13,15H,3-4,14,16H2,1-2H3,(H,28,33). The minimum atomic E-state index is -0.545. The summed E-state index contributed by atoms with van der Waals surface area (Å²) in [5, 5.41) is 22.2. The second kappa shape index (κ2) is 12.1. The molecule has 0 spiro atoms. The Morgan fingerprint density at radius 1 is 1.03 bits per heavy atom. The van der Waals surface area contributed by atoms with E-state index < -0.39 is 10.8 Å². The molecule has 0 aliphatic heterocycles. The van der Waals surface area contributed by atoms with Crippen molar-refractivity contribution >= 4 is 28.9 Å². The Hall–Kier alpha value is -4.58. The number of nitrogens with one attached hydrogen (secondary N) is 1. The van der Waals surface area contributed by atoms with E-state index >= 15 is 0 Å². The number of benzene rings is 2. The van der Waals surface area contributed by atoms with Crippen molar-refractivity contribution in [2.24, 2.45) is 0 Å². The molecule has 4 rings (SSSR count). The molecule has 38 heavy (non-hydrogen) atoms. The zero-order valence-corrected chi connectivity index (χ0v) is 21.4. The van der Waals surface area contributed by atoms with E-state index in [-0.39, 0.29) is 28.9 Å². The van der Waals surface area contributed by atoms with Crippen molar-refractivity contribution in [1.29, 1.82) is 0 Å². The van der Waals surface area contributed by atoms with Gasteiger partial charge in [0.1, 0.15) is 5.75 Å². The Labute approximate surface area is 222 Å². The van der Waals surface area contributed by atoms with Gasteiger partial charge in [0.25, 0.3) is 11.6 Å². The molecule has 2 aromatic heterocycles. The van der Waals surface area contributed by atoms with Crippen LogP contribution in [0.25, 0.3) is 0 Å². The van der Waals surface area contributed by atoms with Crippen molar-refractivity contribution in [3.8, 4) is 17.2 Å². The molecular formula is C25H25ClN6O6. The lowest BCUT2D eigenvalue weighted by Gasteiger charge is -2.12. The lowest BCUT2D eigenvalue weighted by Crippen LogP contribution is -2.14. The number of hydrogen-bond donors (Lipinski definition) is 1. The molecule has 0 atom stereocenters. The molecule has 0 aliphatic rings. The highest BCUT2D eigenvalue weighted by atomic mass is 35.5. The fourth-order valence-electron chi connectivity index (χ4n) is 3.50. The van der Waals surface area contributed by atoms with Crippen LogP contribution in [0, 0.1) is 10.1 Å². The Bertz CT molecular complexity index is 1440. The molecule has 0 fully saturated rings. The van der Waals surface area contributed by atoms with Gasteiger partial charge < -0.3 is 19.5 Å². The number of carbonyl (C=O) groups excluding carboxylic acids is 1. The van der Waals surface area contributed by atoms with Crippen LogP contribution >= 0.6 is 11.6 Å². The number of anilines is 1. The molecule has 12 nitrogen and oxygen atoms in total. The fourth-order valence-corrected chi connectivity index (χ4v) is 3.73. The molecule has 4 aromatic rings. The largest absolute Gasteiger partial charge is 0.490 e. The third-order valence-electron chi connectivity index (χ3n) is 5.20. The minimum Gasteiger partial charge on any atom is -0.490 e. The maximum absolute atomic E-state index is 12.7. The molecule has 2 aromatic carbocycles. The second-order valence-corrected chi connectivity index (χ2v) is 8.32. The van der Waals surface area contributed by atoms with Crippen LogP contribution in [-0.2, 0) is 13.3 Å². The summed E-state index contributed by atoms with van der Waals surface area (Å²) in [4.78, 5) is 22.9. The number of nitro benzene ring substituents is 1. The molecule has 1 N–H and O–H groups in total. The van der Waals surface area contributed by atoms with Gasteiger partial charge in [0.2, 0.25) is 0 Å². The molecule has 0 bridgehead atoms. The molecule has 0 saturated heterocycles. The number of nitro groups is 1. The van der Waals surface area contributed by atoms with Crippen molar-refractivity contribution in [3.05, 3.63) is 87.4 Å². The Kier molecular flexibility index (Phi) is 8.44. The van der Waals surface area contributed by atoms with Crippen LogP contribution in [0.3, 0.4) is 0 Å². The third kappa shape index (κ3) is 6.59. The Balaban J connectivity index is 1.34. The van der Waals surface area contributed by atoms with E-state index in [2.05, 4.69) is 15.5 Å². The van der Waals surface area contributed by atoms with Crippen molar-refractivity contribution in [2.75, 3.05) is 18.5 Å². The zero-order valence-electron chi connectivity index (χ0n) is 20.7. The number of aromatic nitrogens is 4. The van der Waals surface area contributed by atoms with Gasteiger partial charge in [0, 0.05) is 24.5 Å². The third-order valence-corrected chi connectivity index (χ3v) is 5.49. The molecule has 0 aliphatic carbocycles. The van der Waals surface area contributed by atoms with Crippen LogP contribution in [0.5, 0.6) is 17.2 Å². The van der Waals surface area contributed by atoms with Crippen molar-refractivity contribution in [3.63, 3.8) is 0 Å². The van der Waals surface area contributed by atoms with Gasteiger partial charge >= 0.3 is 0 Å². The lowest BCUT2D eigenvalue weighted by atomic mass is 10.2. The first-order valence-corrected chi connectivity index (χ1v) is 12.1. The summed E-state index contributed by atoms with van der Waals surface area (Å²) in [5.41, 5.74) is 1.50. The molecule has 198 valence electrons. The molecule has 13 heteroatoms. The highest BCUT2D eigenvalue weighted by molar-refractivity contribution is 6.32. The van der Waals surface area contributed by atoms with Gasteiger partial charge in [-0.3, -0.25) is 19.6 Å². The van der Waals surface area contributed by atoms with Crippen LogP contribution in [0.1, 0.15) is 29.9 Å². The highest BCUT2D eigenvalue weighted by Crippen LogP contribution is 2.30. The van der Waals surface area contributed by atoms with Crippen molar-refractivity contribution < 1.29 is 23.9 Å². The van der Waals surface area contributed by atoms with Crippen LogP contribution in [0.2, 0.25) is 5.02 Å². The predicted molar refractivity (Wildman–Crippen MR) is 139 cm³/mol. The van der Waals surface area contributed by atoms with Gasteiger partial charge in [-0.05, 0) is 43.7 Å². The van der Waals surface area contributed by atoms with E-state index in [1.165, 1.54) is 28.9 Å². The quantitative estimate of drug-likeness (QED) is 0.200. The molecular weight excluding hydrogens is 516 g/mol. The average molecular weight is 541 g/mol. The van der Waals surface area contributed by atoms with Crippen LogP contribution in [0.4, 0.5) is 11.4 Å². The summed E-state index contributed by atoms with van der Waals surface area (Å²) in [6.45, 7) is 5.32. The average Bonchev–Trinajstić information content (AvgIpc) is 3.54. The predicted octanol–water partition coefficient (Wildman–Crippen LogP) is 4.78. The van der Waals surface area contributed by atoms with Crippen LogP contribution < -0.4 is 19.5 Å². The molecule has 0 unspecified atom stereocenters. The zero-order chi connectivity index (χ0) is 27.1. The van der Waals surface area contributed by atoms with E-state index in [0.717, 1.165) is 5.56 Å². The van der Waals surface area contributed by atoms with Gasteiger partial charge in [-0.15, -0.1) is 0 Å². The molecule has 0 radical (unpaired) electrons. The van der Waals surface area contributed by atoms with Crippen LogP contribution in [-0.4, -0.2) is 43.6 Å². The molecule has 0 saturated carbocycles. The number of ether oxygens (including phenoxy) is 3. The summed E-state index contributed by atoms with van der Waals surface area (Å²) in [7, 11) is 0. The number of nitrogens with zero attached hydrogens (tertiary/aromatic N) is 5. The van der Waals surface area contributed by atoms with Gasteiger partial charge in [-0.1, -0.05) is 17.7 Å². The minimum absolute atomic E-state index is 0.0471. The second-order valence-electron chi connectivity index (χ2n) is 7.91. The number of rotatable bonds is 12. The van der Waals surface area contributed by atoms with Gasteiger partial charge in [0.15, 0.2) is 23.9 Å². The lowest BCUT2D eigenvalue weighted by molar-refractivity contribution is -0.384. The van der Waals surface area contributed by atoms with Crippen molar-refractivity contribution in [1.82, 2.24) is 19.6 Å². The normalized spacial score (nSPS) is 10.7. The van der Waals surface area contributed by atoms with E-state index in [1.807, 2.05) is 32.0 Å². The molecule has 2 heterocycles. The summed E-state index contributed by atoms with van der Waals surface area (Å²) in [6, 6.07) is 11.1. The number of non-ortho nitro benzene ring substituents is 1. The van der Waals surface area contributed by atoms with Crippen molar-refractivity contribution in [2.45, 2.75) is 27.1 Å². The number of carbonyl (C=O) groups is 1. The maximum Gasteiger partial charge on any atom is 0.276 e. The Morgan fingerprint density at radius 2 is 1.79 bits per heavy atom. The van der Waals surface area contributed by atoms with Gasteiger partial charge in [-0.25, -0.2) is 4.68 Å². The first-order valence-electron chi connectivity index (χ1n) is 11.7.